The Kier molecular flexibility index (Phi) is 6.03. The minimum atomic E-state index is -3.83. The van der Waals surface area contributed by atoms with Crippen LogP contribution >= 0.6 is 0 Å². The Hall–Kier alpha value is -2.04. The van der Waals surface area contributed by atoms with Crippen molar-refractivity contribution >= 4 is 21.7 Å². The van der Waals surface area contributed by atoms with Gasteiger partial charge in [-0.05, 0) is 19.1 Å². The van der Waals surface area contributed by atoms with E-state index < -0.39 is 21.7 Å². The average Bonchev–Trinajstić information content (AvgIpc) is 2.36. The number of hydrogen-bond donors (Lipinski definition) is 2. The second-order valence-electron chi connectivity index (χ2n) is 3.72. The van der Waals surface area contributed by atoms with Crippen LogP contribution in [0.2, 0.25) is 0 Å². The number of anilines is 1. The zero-order chi connectivity index (χ0) is 15.0. The molecule has 0 aliphatic heterocycles. The number of nitrogens with two attached hydrogens (primary N) is 1. The molecule has 7 heteroatoms. The normalized spacial score (nSPS) is 10.3. The summed E-state index contributed by atoms with van der Waals surface area (Å²) in [4.78, 5) is 11.2. The Balaban J connectivity index is 2.90. The van der Waals surface area contributed by atoms with Crippen LogP contribution in [-0.2, 0) is 19.6 Å². The number of esters is 1. The van der Waals surface area contributed by atoms with Crippen LogP contribution in [0.15, 0.2) is 24.3 Å². The molecule has 6 nitrogen and oxygen atoms in total. The maximum absolute atomic E-state index is 11.8. The molecule has 0 spiro atoms. The smallest absolute Gasteiger partial charge is 0.323 e. The summed E-state index contributed by atoms with van der Waals surface area (Å²) < 4.78 is 30.6. The molecule has 0 aliphatic carbocycles. The van der Waals surface area contributed by atoms with Gasteiger partial charge in [0.25, 0.3) is 0 Å². The number of sulfonamides is 1. The van der Waals surface area contributed by atoms with Gasteiger partial charge in [0, 0.05) is 5.56 Å². The van der Waals surface area contributed by atoms with Gasteiger partial charge in [0.05, 0.1) is 18.8 Å². The molecule has 3 N–H and O–H groups in total. The molecule has 0 amide bonds. The van der Waals surface area contributed by atoms with Gasteiger partial charge in [-0.2, -0.15) is 0 Å². The first kappa shape index (κ1) is 16.0. The summed E-state index contributed by atoms with van der Waals surface area (Å²) in [6.07, 6.45) is 0. The highest BCUT2D eigenvalue weighted by atomic mass is 32.2. The summed E-state index contributed by atoms with van der Waals surface area (Å²) in [6, 6.07) is 6.60. The number of benzene rings is 1. The molecule has 0 bridgehead atoms. The molecule has 0 saturated heterocycles. The fourth-order valence-electron chi connectivity index (χ4n) is 1.39. The second-order valence-corrected chi connectivity index (χ2v) is 5.44. The van der Waals surface area contributed by atoms with Gasteiger partial charge in [-0.15, -0.1) is 0 Å². The molecule has 0 fully saturated rings. The standard InChI is InChI=1S/C13H16N2O4S/c1-2-19-13(16)10-20(17,18)15-12-8-4-3-6-11(12)7-5-9-14/h3-4,6,8,15H,2,9-10,14H2,1H3. The predicted octanol–water partition coefficient (Wildman–Crippen LogP) is 0.302. The Morgan fingerprint density at radius 1 is 1.40 bits per heavy atom. The maximum Gasteiger partial charge on any atom is 0.323 e. The van der Waals surface area contributed by atoms with Gasteiger partial charge in [-0.3, -0.25) is 9.52 Å². The highest BCUT2D eigenvalue weighted by Gasteiger charge is 2.18. The predicted molar refractivity (Wildman–Crippen MR) is 76.4 cm³/mol. The second kappa shape index (κ2) is 7.53. The number of carbonyl (C=O) groups is 1. The molecule has 0 aromatic heterocycles. The van der Waals surface area contributed by atoms with Crippen LogP contribution < -0.4 is 10.5 Å². The molecule has 20 heavy (non-hydrogen) atoms. The van der Waals surface area contributed by atoms with Crippen molar-refractivity contribution in [1.82, 2.24) is 0 Å². The molecule has 0 aliphatic rings. The van der Waals surface area contributed by atoms with E-state index in [1.165, 1.54) is 0 Å². The first-order valence-corrected chi connectivity index (χ1v) is 7.58. The minimum absolute atomic E-state index is 0.132. The van der Waals surface area contributed by atoms with E-state index in [4.69, 9.17) is 5.73 Å². The van der Waals surface area contributed by atoms with Crippen molar-refractivity contribution < 1.29 is 17.9 Å². The summed E-state index contributed by atoms with van der Waals surface area (Å²) in [7, 11) is -3.83. The van der Waals surface area contributed by atoms with Gasteiger partial charge in [-0.25, -0.2) is 8.42 Å². The van der Waals surface area contributed by atoms with Crippen LogP contribution in [0.25, 0.3) is 0 Å². The minimum Gasteiger partial charge on any atom is -0.465 e. The lowest BCUT2D eigenvalue weighted by Gasteiger charge is -2.09. The highest BCUT2D eigenvalue weighted by Crippen LogP contribution is 2.15. The molecule has 108 valence electrons. The molecule has 0 heterocycles. The topological polar surface area (TPSA) is 98.5 Å². The van der Waals surface area contributed by atoms with Crippen LogP contribution in [0.4, 0.5) is 5.69 Å². The van der Waals surface area contributed by atoms with Crippen LogP contribution in [0, 0.1) is 11.8 Å². The average molecular weight is 296 g/mol. The van der Waals surface area contributed by atoms with E-state index in [1.54, 1.807) is 31.2 Å². The number of rotatable bonds is 5. The van der Waals surface area contributed by atoms with Crippen LogP contribution in [-0.4, -0.2) is 33.3 Å². The summed E-state index contributed by atoms with van der Waals surface area (Å²) >= 11 is 0. The van der Waals surface area contributed by atoms with E-state index in [9.17, 15) is 13.2 Å². The first-order valence-electron chi connectivity index (χ1n) is 5.92. The number of para-hydroxylation sites is 1. The van der Waals surface area contributed by atoms with E-state index in [1.807, 2.05) is 0 Å². The number of nitrogens with one attached hydrogen (secondary N) is 1. The quantitative estimate of drug-likeness (QED) is 0.601. The summed E-state index contributed by atoms with van der Waals surface area (Å²) in [5.74, 6) is 3.86. The van der Waals surface area contributed by atoms with Crippen molar-refractivity contribution in [3.8, 4) is 11.8 Å². The summed E-state index contributed by atoms with van der Waals surface area (Å²) in [5.41, 5.74) is 6.07. The van der Waals surface area contributed by atoms with Gasteiger partial charge < -0.3 is 10.5 Å². The monoisotopic (exact) mass is 296 g/mol. The van der Waals surface area contributed by atoms with Crippen molar-refractivity contribution in [2.45, 2.75) is 6.92 Å². The van der Waals surface area contributed by atoms with Crippen LogP contribution in [0.1, 0.15) is 12.5 Å². The molecule has 0 unspecified atom stereocenters. The molecular formula is C13H16N2O4S. The lowest BCUT2D eigenvalue weighted by atomic mass is 10.2. The Labute approximate surface area is 118 Å². The Bertz CT molecular complexity index is 629. The van der Waals surface area contributed by atoms with Crippen molar-refractivity contribution in [2.75, 3.05) is 23.6 Å². The third-order valence-corrected chi connectivity index (χ3v) is 3.28. The molecular weight excluding hydrogens is 280 g/mol. The molecule has 1 aromatic carbocycles. The Morgan fingerprint density at radius 3 is 2.75 bits per heavy atom. The lowest BCUT2D eigenvalue weighted by Crippen LogP contribution is -2.24. The van der Waals surface area contributed by atoms with Crippen LogP contribution in [0.5, 0.6) is 0 Å². The van der Waals surface area contributed by atoms with Gasteiger partial charge in [-0.1, -0.05) is 24.0 Å². The molecule has 0 saturated carbocycles. The van der Waals surface area contributed by atoms with E-state index in [2.05, 4.69) is 21.3 Å². The highest BCUT2D eigenvalue weighted by molar-refractivity contribution is 7.93. The third-order valence-electron chi connectivity index (χ3n) is 2.13. The number of carbonyl (C=O) groups excluding carboxylic acids is 1. The van der Waals surface area contributed by atoms with E-state index in [0.717, 1.165) is 0 Å². The fourth-order valence-corrected chi connectivity index (χ4v) is 2.37. The SMILES string of the molecule is CCOC(=O)CS(=O)(=O)Nc1ccccc1C#CCN. The summed E-state index contributed by atoms with van der Waals surface area (Å²) in [6.45, 7) is 1.91. The maximum atomic E-state index is 11.8. The summed E-state index contributed by atoms with van der Waals surface area (Å²) in [5, 5.41) is 0. The molecule has 1 aromatic rings. The van der Waals surface area contributed by atoms with Crippen molar-refractivity contribution in [2.24, 2.45) is 5.73 Å². The largest absolute Gasteiger partial charge is 0.465 e. The van der Waals surface area contributed by atoms with Crippen LogP contribution in [0.3, 0.4) is 0 Å². The Morgan fingerprint density at radius 2 is 2.10 bits per heavy atom. The van der Waals surface area contributed by atoms with E-state index >= 15 is 0 Å². The molecule has 1 rings (SSSR count). The fraction of sp³-hybridized carbons (Fsp3) is 0.308. The molecule has 0 atom stereocenters. The number of ether oxygens (including phenoxy) is 1. The van der Waals surface area contributed by atoms with Crippen molar-refractivity contribution in [3.05, 3.63) is 29.8 Å². The first-order chi connectivity index (χ1) is 9.48. The third kappa shape index (κ3) is 5.30. The zero-order valence-electron chi connectivity index (χ0n) is 11.0. The lowest BCUT2D eigenvalue weighted by molar-refractivity contribution is -0.139. The van der Waals surface area contributed by atoms with Gasteiger partial charge in [0.2, 0.25) is 10.0 Å². The van der Waals surface area contributed by atoms with Gasteiger partial charge >= 0.3 is 5.97 Å². The van der Waals surface area contributed by atoms with E-state index in [-0.39, 0.29) is 13.2 Å². The van der Waals surface area contributed by atoms with Gasteiger partial charge in [0.15, 0.2) is 5.75 Å². The molecule has 0 radical (unpaired) electrons. The zero-order valence-corrected chi connectivity index (χ0v) is 11.9. The number of hydrogen-bond acceptors (Lipinski definition) is 5. The van der Waals surface area contributed by atoms with Gasteiger partial charge in [0.1, 0.15) is 0 Å². The van der Waals surface area contributed by atoms with E-state index in [0.29, 0.717) is 11.3 Å². The van der Waals surface area contributed by atoms with Crippen molar-refractivity contribution in [1.29, 1.82) is 0 Å². The van der Waals surface area contributed by atoms with Crippen molar-refractivity contribution in [3.63, 3.8) is 0 Å².